The maximum Gasteiger partial charge on any atom is 0.227 e. The fraction of sp³-hybridized carbons (Fsp3) is 0. The smallest absolute Gasteiger partial charge is 0.227 e. The molecule has 0 radical (unpaired) electrons. The molecule has 0 spiro atoms. The van der Waals surface area contributed by atoms with Gasteiger partial charge in [-0.15, -0.1) is 0 Å². The van der Waals surface area contributed by atoms with Crippen LogP contribution in [0.2, 0.25) is 0 Å². The number of nitrogens with zero attached hydrogens (tertiary/aromatic N) is 1. The molecule has 3 nitrogen and oxygen atoms in total. The lowest BCUT2D eigenvalue weighted by atomic mass is 10.2. The minimum absolute atomic E-state index is 0.606. The maximum atomic E-state index is 5.85. The zero-order valence-corrected chi connectivity index (χ0v) is 11.0. The van der Waals surface area contributed by atoms with Crippen molar-refractivity contribution in [3.63, 3.8) is 0 Å². The Morgan fingerprint density at radius 3 is 2.53 bits per heavy atom. The molecule has 84 valence electrons. The Morgan fingerprint density at radius 2 is 1.82 bits per heavy atom. The lowest BCUT2D eigenvalue weighted by Crippen LogP contribution is -1.85. The van der Waals surface area contributed by atoms with E-state index in [1.807, 2.05) is 42.5 Å². The van der Waals surface area contributed by atoms with E-state index < -0.39 is 0 Å². The van der Waals surface area contributed by atoms with Gasteiger partial charge in [-0.1, -0.05) is 6.07 Å². The quantitative estimate of drug-likeness (QED) is 0.545. The van der Waals surface area contributed by atoms with Gasteiger partial charge in [0, 0.05) is 9.13 Å². The van der Waals surface area contributed by atoms with E-state index >= 15 is 0 Å². The Hall–Kier alpha value is -1.56. The second-order valence-corrected chi connectivity index (χ2v) is 4.97. The fourth-order valence-corrected chi connectivity index (χ4v) is 2.05. The van der Waals surface area contributed by atoms with Crippen LogP contribution in [0.4, 0.5) is 5.69 Å². The Bertz CT molecular complexity index is 673. The Balaban J connectivity index is 2.18. The second kappa shape index (κ2) is 4.03. The first-order valence-electron chi connectivity index (χ1n) is 5.15. The molecule has 2 N–H and O–H groups in total. The summed E-state index contributed by atoms with van der Waals surface area (Å²) in [5.74, 6) is 0.606. The summed E-state index contributed by atoms with van der Waals surface area (Å²) >= 11 is 2.26. The number of anilines is 1. The summed E-state index contributed by atoms with van der Waals surface area (Å²) in [6, 6.07) is 13.6. The zero-order valence-electron chi connectivity index (χ0n) is 8.85. The number of hydrogen-bond donors (Lipinski definition) is 1. The number of aromatic nitrogens is 1. The van der Waals surface area contributed by atoms with Crippen LogP contribution in [-0.2, 0) is 0 Å². The third-order valence-corrected chi connectivity index (χ3v) is 3.26. The van der Waals surface area contributed by atoms with Crippen molar-refractivity contribution in [3.8, 4) is 11.5 Å². The normalized spacial score (nSPS) is 10.9. The second-order valence-electron chi connectivity index (χ2n) is 3.72. The lowest BCUT2D eigenvalue weighted by Gasteiger charge is -1.94. The first-order chi connectivity index (χ1) is 8.24. The van der Waals surface area contributed by atoms with Crippen molar-refractivity contribution in [1.82, 2.24) is 4.98 Å². The number of nitrogens with two attached hydrogens (primary N) is 1. The summed E-state index contributed by atoms with van der Waals surface area (Å²) in [6.07, 6.45) is 0. The van der Waals surface area contributed by atoms with Gasteiger partial charge >= 0.3 is 0 Å². The van der Waals surface area contributed by atoms with Crippen molar-refractivity contribution in [1.29, 1.82) is 0 Å². The number of oxazole rings is 1. The lowest BCUT2D eigenvalue weighted by molar-refractivity contribution is 0.620. The van der Waals surface area contributed by atoms with E-state index in [0.717, 1.165) is 16.7 Å². The largest absolute Gasteiger partial charge is 0.436 e. The third-order valence-electron chi connectivity index (χ3n) is 2.54. The van der Waals surface area contributed by atoms with Crippen LogP contribution in [-0.4, -0.2) is 4.98 Å². The van der Waals surface area contributed by atoms with Crippen molar-refractivity contribution in [2.75, 3.05) is 5.73 Å². The van der Waals surface area contributed by atoms with Gasteiger partial charge in [0.05, 0.1) is 5.69 Å². The molecule has 3 aromatic rings. The summed E-state index contributed by atoms with van der Waals surface area (Å²) in [6.45, 7) is 0. The molecule has 0 amide bonds. The predicted octanol–water partition coefficient (Wildman–Crippen LogP) is 3.68. The van der Waals surface area contributed by atoms with E-state index in [0.29, 0.717) is 11.6 Å². The fourth-order valence-electron chi connectivity index (χ4n) is 1.69. The standard InChI is InChI=1S/C13H9IN2O/c14-9-6-4-8(5-7-9)13-16-12-10(15)2-1-3-11(12)17-13/h1-7H,15H2. The predicted molar refractivity (Wildman–Crippen MR) is 76.6 cm³/mol. The number of para-hydroxylation sites is 1. The highest BCUT2D eigenvalue weighted by Crippen LogP contribution is 2.27. The monoisotopic (exact) mass is 336 g/mol. The molecule has 17 heavy (non-hydrogen) atoms. The average Bonchev–Trinajstić information content (AvgIpc) is 2.75. The van der Waals surface area contributed by atoms with Crippen LogP contribution in [0.25, 0.3) is 22.6 Å². The van der Waals surface area contributed by atoms with Crippen LogP contribution in [0.3, 0.4) is 0 Å². The molecule has 0 fully saturated rings. The van der Waals surface area contributed by atoms with Crippen LogP contribution in [0.1, 0.15) is 0 Å². The van der Waals surface area contributed by atoms with Crippen LogP contribution >= 0.6 is 22.6 Å². The van der Waals surface area contributed by atoms with Crippen LogP contribution in [0.5, 0.6) is 0 Å². The third kappa shape index (κ3) is 1.88. The van der Waals surface area contributed by atoms with Crippen LogP contribution in [0, 0.1) is 3.57 Å². The van der Waals surface area contributed by atoms with Crippen molar-refractivity contribution in [2.45, 2.75) is 0 Å². The highest BCUT2D eigenvalue weighted by molar-refractivity contribution is 14.1. The summed E-state index contributed by atoms with van der Waals surface area (Å²) in [7, 11) is 0. The van der Waals surface area contributed by atoms with Crippen molar-refractivity contribution >= 4 is 39.4 Å². The summed E-state index contributed by atoms with van der Waals surface area (Å²) in [4.78, 5) is 4.42. The number of benzene rings is 2. The molecule has 4 heteroatoms. The molecule has 0 aliphatic heterocycles. The minimum Gasteiger partial charge on any atom is -0.436 e. The minimum atomic E-state index is 0.606. The first-order valence-corrected chi connectivity index (χ1v) is 6.23. The highest BCUT2D eigenvalue weighted by Gasteiger charge is 2.09. The van der Waals surface area contributed by atoms with Gasteiger partial charge in [0.2, 0.25) is 5.89 Å². The van der Waals surface area contributed by atoms with Crippen molar-refractivity contribution < 1.29 is 4.42 Å². The molecule has 0 atom stereocenters. The van der Waals surface area contributed by atoms with E-state index in [4.69, 9.17) is 10.2 Å². The molecule has 0 aliphatic rings. The summed E-state index contributed by atoms with van der Waals surface area (Å²) in [5, 5.41) is 0. The Kier molecular flexibility index (Phi) is 2.51. The van der Waals surface area contributed by atoms with Crippen molar-refractivity contribution in [2.24, 2.45) is 0 Å². The molecule has 3 rings (SSSR count). The van der Waals surface area contributed by atoms with E-state index in [1.165, 1.54) is 3.57 Å². The number of hydrogen-bond acceptors (Lipinski definition) is 3. The summed E-state index contributed by atoms with van der Waals surface area (Å²) < 4.78 is 6.86. The highest BCUT2D eigenvalue weighted by atomic mass is 127. The van der Waals surface area contributed by atoms with E-state index in [-0.39, 0.29) is 0 Å². The number of fused-ring (bicyclic) bond motifs is 1. The van der Waals surface area contributed by atoms with Gasteiger partial charge in [-0.3, -0.25) is 0 Å². The first kappa shape index (κ1) is 10.6. The van der Waals surface area contributed by atoms with Crippen LogP contribution in [0.15, 0.2) is 46.9 Å². The SMILES string of the molecule is Nc1cccc2oc(-c3ccc(I)cc3)nc12. The molecule has 0 aliphatic carbocycles. The van der Waals surface area contributed by atoms with Gasteiger partial charge < -0.3 is 10.2 Å². The van der Waals surface area contributed by atoms with Gasteiger partial charge in [0.25, 0.3) is 0 Å². The summed E-state index contributed by atoms with van der Waals surface area (Å²) in [5.41, 5.74) is 8.89. The number of rotatable bonds is 1. The van der Waals surface area contributed by atoms with E-state index in [1.54, 1.807) is 0 Å². The zero-order chi connectivity index (χ0) is 11.8. The van der Waals surface area contributed by atoms with Crippen LogP contribution < -0.4 is 5.73 Å². The van der Waals surface area contributed by atoms with Crippen molar-refractivity contribution in [3.05, 3.63) is 46.0 Å². The molecule has 0 bridgehead atoms. The molecular formula is C13H9IN2O. The topological polar surface area (TPSA) is 52.0 Å². The van der Waals surface area contributed by atoms with Gasteiger partial charge in [-0.25, -0.2) is 4.98 Å². The van der Waals surface area contributed by atoms with Gasteiger partial charge in [0.15, 0.2) is 5.58 Å². The van der Waals surface area contributed by atoms with E-state index in [2.05, 4.69) is 27.6 Å². The molecule has 0 saturated heterocycles. The molecule has 1 aromatic heterocycles. The Morgan fingerprint density at radius 1 is 1.06 bits per heavy atom. The number of halogens is 1. The van der Waals surface area contributed by atoms with Gasteiger partial charge in [0.1, 0.15) is 5.52 Å². The maximum absolute atomic E-state index is 5.85. The van der Waals surface area contributed by atoms with Gasteiger partial charge in [-0.2, -0.15) is 0 Å². The Labute approximate surface area is 112 Å². The average molecular weight is 336 g/mol. The van der Waals surface area contributed by atoms with E-state index in [9.17, 15) is 0 Å². The molecular weight excluding hydrogens is 327 g/mol. The molecule has 0 saturated carbocycles. The number of nitrogen functional groups attached to an aromatic ring is 1. The van der Waals surface area contributed by atoms with Gasteiger partial charge in [-0.05, 0) is 59.0 Å². The molecule has 1 heterocycles. The molecule has 2 aromatic carbocycles. The molecule has 0 unspecified atom stereocenters.